The van der Waals surface area contributed by atoms with Crippen LogP contribution in [-0.2, 0) is 57.5 Å². The molecule has 0 aliphatic carbocycles. The van der Waals surface area contributed by atoms with E-state index in [0.717, 1.165) is 11.8 Å². The monoisotopic (exact) mass is 886 g/mol. The summed E-state index contributed by atoms with van der Waals surface area (Å²) >= 11 is 0. The van der Waals surface area contributed by atoms with Gasteiger partial charge in [-0.2, -0.15) is 0 Å². The first-order chi connectivity index (χ1) is 28.8. The summed E-state index contributed by atoms with van der Waals surface area (Å²) in [6.45, 7) is 7.19. The smallest absolute Gasteiger partial charge is 0.322 e. The van der Waals surface area contributed by atoms with Gasteiger partial charge in [0.05, 0.1) is 12.6 Å². The van der Waals surface area contributed by atoms with E-state index in [4.69, 9.17) is 21.1 Å². The van der Waals surface area contributed by atoms with Crippen LogP contribution in [0.1, 0.15) is 99.3 Å². The van der Waals surface area contributed by atoms with Crippen molar-refractivity contribution < 1.29 is 78.0 Å². The number of unbranched alkanes of at least 4 members (excludes halogenated alkanes) is 1. The largest absolute Gasteiger partial charge is 0.481 e. The summed E-state index contributed by atoms with van der Waals surface area (Å²) in [7, 11) is 0. The van der Waals surface area contributed by atoms with Crippen molar-refractivity contribution in [2.45, 2.75) is 136 Å². The molecule has 0 spiro atoms. The molecule has 0 heterocycles. The molecule has 0 aliphatic rings. The summed E-state index contributed by atoms with van der Waals surface area (Å²) in [5, 5.41) is 50.4. The van der Waals surface area contributed by atoms with Gasteiger partial charge in [-0.1, -0.05) is 41.0 Å². The predicted octanol–water partition coefficient (Wildman–Crippen LogP) is -2.55. The minimum absolute atomic E-state index is 0.00630. The second-order valence-electron chi connectivity index (χ2n) is 15.2. The lowest BCUT2D eigenvalue weighted by Gasteiger charge is -2.32. The number of nitrogens with two attached hydrogens (primary N) is 1. The average molecular weight is 887 g/mol. The molecule has 1 unspecified atom stereocenters. The SMILES string of the molecule is CCC[C@H](NC(=O)CN(CCCCC(N)C(=O)O)C(=O)[C@@H](NC(=O)[C@@H](NC(=O)[C@H](CCC(=O)O)NC(=O)[C@H](CCC(=O)O)NC(C)=O)C(C)C)C(C)C)C(=O)C(=O)NCC(=O)O. The van der Waals surface area contributed by atoms with Crippen LogP contribution in [0.4, 0.5) is 0 Å². The van der Waals surface area contributed by atoms with Crippen molar-refractivity contribution in [3.8, 4) is 0 Å². The summed E-state index contributed by atoms with van der Waals surface area (Å²) in [5.41, 5.74) is 5.60. The second kappa shape index (κ2) is 28.3. The molecule has 0 aliphatic heterocycles. The first kappa shape index (κ1) is 55.8. The van der Waals surface area contributed by atoms with Crippen molar-refractivity contribution in [1.29, 1.82) is 0 Å². The van der Waals surface area contributed by atoms with Crippen molar-refractivity contribution in [2.75, 3.05) is 19.6 Å². The fraction of sp³-hybridized carbons (Fsp3) is 0.684. The fourth-order valence-corrected chi connectivity index (χ4v) is 5.76. The van der Waals surface area contributed by atoms with Crippen LogP contribution in [0.15, 0.2) is 0 Å². The van der Waals surface area contributed by atoms with Crippen molar-refractivity contribution in [1.82, 2.24) is 36.8 Å². The number of ketones is 1. The van der Waals surface area contributed by atoms with Gasteiger partial charge in [0.1, 0.15) is 36.8 Å². The number of aliphatic carboxylic acids is 4. The molecule has 7 amide bonds. The normalized spacial score (nSPS) is 13.8. The molecule has 62 heavy (non-hydrogen) atoms. The van der Waals surface area contributed by atoms with E-state index in [9.17, 15) is 62.6 Å². The summed E-state index contributed by atoms with van der Waals surface area (Å²) in [5.74, 6) is -14.4. The number of rotatable bonds is 31. The zero-order valence-electron chi connectivity index (χ0n) is 35.8. The van der Waals surface area contributed by atoms with E-state index in [1.165, 1.54) is 13.8 Å². The first-order valence-corrected chi connectivity index (χ1v) is 20.0. The van der Waals surface area contributed by atoms with Gasteiger partial charge >= 0.3 is 23.9 Å². The number of amides is 7. The molecule has 0 radical (unpaired) electrons. The minimum atomic E-state index is -1.59. The van der Waals surface area contributed by atoms with Crippen molar-refractivity contribution >= 4 is 71.0 Å². The highest BCUT2D eigenvalue weighted by Gasteiger charge is 2.36. The van der Waals surface area contributed by atoms with Gasteiger partial charge in [0, 0.05) is 26.3 Å². The molecule has 6 atom stereocenters. The molecule has 24 heteroatoms. The maximum atomic E-state index is 14.2. The Balaban J connectivity index is 6.52. The summed E-state index contributed by atoms with van der Waals surface area (Å²) < 4.78 is 0. The Morgan fingerprint density at radius 3 is 1.58 bits per heavy atom. The third-order valence-corrected chi connectivity index (χ3v) is 9.11. The molecular weight excluding hydrogens is 824 g/mol. The molecule has 0 rings (SSSR count). The Kier molecular flexibility index (Phi) is 25.5. The van der Waals surface area contributed by atoms with Gasteiger partial charge in [0.15, 0.2) is 0 Å². The van der Waals surface area contributed by atoms with Gasteiger partial charge in [-0.05, 0) is 50.4 Å². The molecule has 350 valence electrons. The highest BCUT2D eigenvalue weighted by molar-refractivity contribution is 6.38. The highest BCUT2D eigenvalue weighted by atomic mass is 16.4. The molecule has 0 bridgehead atoms. The van der Waals surface area contributed by atoms with Crippen LogP contribution in [0.3, 0.4) is 0 Å². The van der Waals surface area contributed by atoms with Crippen molar-refractivity contribution in [3.63, 3.8) is 0 Å². The van der Waals surface area contributed by atoms with Gasteiger partial charge in [-0.25, -0.2) is 0 Å². The average Bonchev–Trinajstić information content (AvgIpc) is 3.17. The van der Waals surface area contributed by atoms with E-state index in [1.54, 1.807) is 20.8 Å². The summed E-state index contributed by atoms with van der Waals surface area (Å²) in [6, 6.07) is -8.40. The standard InChI is InChI=1S/C38H62N8O16/c1-7-10-23(32(55)36(59)40-17-29(53)54)42-26(48)18-46(16-9-8-11-22(39)38(61)62)37(60)31(20(4)5)45-35(58)30(19(2)3)44-34(57)25(13-15-28(51)52)43-33(56)24(41-21(6)47)12-14-27(49)50/h19-20,22-25,30-31H,7-18,39H2,1-6H3,(H,40,59)(H,41,47)(H,42,48)(H,43,56)(H,44,57)(H,45,58)(H,49,50)(H,51,52)(H,53,54)(H,61,62)/t22?,23-,24-,25-,30-,31-/m0/s1. The zero-order valence-corrected chi connectivity index (χ0v) is 35.8. The third-order valence-electron chi connectivity index (χ3n) is 9.11. The number of carboxylic acid groups (broad SMARTS) is 4. The molecule has 0 fully saturated rings. The molecule has 0 aromatic rings. The number of hydrogen-bond acceptors (Lipinski definition) is 13. The van der Waals surface area contributed by atoms with Crippen LogP contribution < -0.4 is 37.6 Å². The summed E-state index contributed by atoms with van der Waals surface area (Å²) in [6.07, 6.45) is -1.42. The van der Waals surface area contributed by atoms with Crippen LogP contribution in [0, 0.1) is 11.8 Å². The fourth-order valence-electron chi connectivity index (χ4n) is 5.76. The van der Waals surface area contributed by atoms with Crippen molar-refractivity contribution in [2.24, 2.45) is 17.6 Å². The molecule has 24 nitrogen and oxygen atoms in total. The number of nitrogens with zero attached hydrogens (tertiary/aromatic N) is 1. The number of carboxylic acids is 4. The van der Waals surface area contributed by atoms with Gasteiger partial charge < -0.3 is 63.0 Å². The summed E-state index contributed by atoms with van der Waals surface area (Å²) in [4.78, 5) is 151. The van der Waals surface area contributed by atoms with E-state index in [2.05, 4.69) is 26.6 Å². The predicted molar refractivity (Wildman–Crippen MR) is 215 cm³/mol. The maximum absolute atomic E-state index is 14.2. The number of carbonyl (C=O) groups excluding carboxylic acids is 8. The number of hydrogen-bond donors (Lipinski definition) is 11. The lowest BCUT2D eigenvalue weighted by Crippen LogP contribution is -2.60. The first-order valence-electron chi connectivity index (χ1n) is 20.0. The van der Waals surface area contributed by atoms with Crippen LogP contribution >= 0.6 is 0 Å². The van der Waals surface area contributed by atoms with E-state index < -0.39 is 151 Å². The molecule has 0 saturated carbocycles. The Labute approximate surface area is 358 Å². The van der Waals surface area contributed by atoms with Crippen LogP contribution in [0.2, 0.25) is 0 Å². The van der Waals surface area contributed by atoms with Crippen molar-refractivity contribution in [3.05, 3.63) is 0 Å². The maximum Gasteiger partial charge on any atom is 0.322 e. The Bertz CT molecular complexity index is 1640. The Morgan fingerprint density at radius 1 is 0.597 bits per heavy atom. The molecule has 0 aromatic carbocycles. The number of nitrogens with one attached hydrogen (secondary N) is 6. The number of Topliss-reactive ketones (excluding diaryl/α,β-unsaturated/α-hetero) is 1. The van der Waals surface area contributed by atoms with Gasteiger partial charge in [-0.3, -0.25) is 57.5 Å². The van der Waals surface area contributed by atoms with Crippen LogP contribution in [-0.4, -0.2) is 152 Å². The van der Waals surface area contributed by atoms with Crippen LogP contribution in [0.25, 0.3) is 0 Å². The Hall–Kier alpha value is -6.20. The Morgan fingerprint density at radius 2 is 1.11 bits per heavy atom. The van der Waals surface area contributed by atoms with Gasteiger partial charge in [0.2, 0.25) is 41.2 Å². The molecule has 12 N–H and O–H groups in total. The minimum Gasteiger partial charge on any atom is -0.481 e. The molecular formula is C38H62N8O16. The molecule has 0 aromatic heterocycles. The lowest BCUT2D eigenvalue weighted by molar-refractivity contribution is -0.143. The number of carbonyl (C=O) groups is 12. The van der Waals surface area contributed by atoms with E-state index in [-0.39, 0.29) is 38.6 Å². The van der Waals surface area contributed by atoms with E-state index in [0.29, 0.717) is 6.42 Å². The van der Waals surface area contributed by atoms with Gasteiger partial charge in [0.25, 0.3) is 5.91 Å². The lowest BCUT2D eigenvalue weighted by atomic mass is 9.98. The quantitative estimate of drug-likeness (QED) is 0.0252. The molecule has 0 saturated heterocycles. The van der Waals surface area contributed by atoms with E-state index in [1.807, 2.05) is 5.32 Å². The third kappa shape index (κ3) is 21.9. The highest BCUT2D eigenvalue weighted by Crippen LogP contribution is 2.13. The zero-order chi connectivity index (χ0) is 47.9. The van der Waals surface area contributed by atoms with Gasteiger partial charge in [-0.15, -0.1) is 0 Å². The topological polar surface area (TPSA) is 387 Å². The van der Waals surface area contributed by atoms with E-state index >= 15 is 0 Å². The second-order valence-corrected chi connectivity index (χ2v) is 15.2. The van der Waals surface area contributed by atoms with Crippen LogP contribution in [0.5, 0.6) is 0 Å².